The van der Waals surface area contributed by atoms with Crippen molar-refractivity contribution < 1.29 is 18.0 Å². The molecule has 1 unspecified atom stereocenters. The van der Waals surface area contributed by atoms with Crippen molar-refractivity contribution in [2.24, 2.45) is 7.05 Å². The molecule has 1 amide bonds. The third-order valence-electron chi connectivity index (χ3n) is 4.16. The molecule has 1 aliphatic rings. The lowest BCUT2D eigenvalue weighted by Crippen LogP contribution is -2.48. The Labute approximate surface area is 146 Å². The molecule has 1 N–H and O–H groups in total. The Morgan fingerprint density at radius 2 is 2.20 bits per heavy atom. The van der Waals surface area contributed by atoms with E-state index in [0.717, 1.165) is 35.3 Å². The number of amides is 1. The van der Waals surface area contributed by atoms with Crippen molar-refractivity contribution in [3.8, 4) is 0 Å². The highest BCUT2D eigenvalue weighted by molar-refractivity contribution is 7.13. The standard InChI is InChI=1S/C15H18F3N5OS/c1-9-6-11(21-22(9)2)13(24)19-10-4-3-5-23(7-10)14-20-12(8-25-14)15(16,17)18/h6,8,10H,3-5,7H2,1-2H3,(H,19,24). The zero-order valence-electron chi connectivity index (χ0n) is 13.8. The lowest BCUT2D eigenvalue weighted by atomic mass is 10.1. The molecule has 0 bridgehead atoms. The van der Waals surface area contributed by atoms with Gasteiger partial charge in [0, 0.05) is 37.3 Å². The number of rotatable bonds is 3. The van der Waals surface area contributed by atoms with Gasteiger partial charge in [-0.2, -0.15) is 18.3 Å². The van der Waals surface area contributed by atoms with Crippen LogP contribution in [0.25, 0.3) is 0 Å². The van der Waals surface area contributed by atoms with Gasteiger partial charge >= 0.3 is 6.18 Å². The number of thiazole rings is 1. The maximum atomic E-state index is 12.7. The highest BCUT2D eigenvalue weighted by Crippen LogP contribution is 2.33. The third kappa shape index (κ3) is 3.94. The van der Waals surface area contributed by atoms with E-state index in [1.165, 1.54) is 0 Å². The number of alkyl halides is 3. The second kappa shape index (κ2) is 6.66. The molecular formula is C15H18F3N5OS. The highest BCUT2D eigenvalue weighted by atomic mass is 32.1. The van der Waals surface area contributed by atoms with Crippen LogP contribution in [0, 0.1) is 6.92 Å². The van der Waals surface area contributed by atoms with Crippen LogP contribution in [-0.4, -0.2) is 39.8 Å². The van der Waals surface area contributed by atoms with Crippen LogP contribution in [0.3, 0.4) is 0 Å². The Hall–Kier alpha value is -2.10. The number of halogens is 3. The number of anilines is 1. The molecule has 2 aromatic heterocycles. The van der Waals surface area contributed by atoms with Crippen LogP contribution in [0.5, 0.6) is 0 Å². The Morgan fingerprint density at radius 1 is 1.44 bits per heavy atom. The quantitative estimate of drug-likeness (QED) is 0.898. The monoisotopic (exact) mass is 373 g/mol. The van der Waals surface area contributed by atoms with Crippen LogP contribution < -0.4 is 10.2 Å². The lowest BCUT2D eigenvalue weighted by Gasteiger charge is -2.32. The van der Waals surface area contributed by atoms with Gasteiger partial charge in [-0.1, -0.05) is 0 Å². The number of carbonyl (C=O) groups is 1. The summed E-state index contributed by atoms with van der Waals surface area (Å²) in [7, 11) is 1.76. The van der Waals surface area contributed by atoms with E-state index in [-0.39, 0.29) is 11.9 Å². The number of piperidine rings is 1. The first-order chi connectivity index (χ1) is 11.7. The van der Waals surface area contributed by atoms with Gasteiger partial charge < -0.3 is 10.2 Å². The predicted molar refractivity (Wildman–Crippen MR) is 87.8 cm³/mol. The first-order valence-corrected chi connectivity index (χ1v) is 8.71. The van der Waals surface area contributed by atoms with E-state index in [9.17, 15) is 18.0 Å². The molecule has 3 heterocycles. The van der Waals surface area contributed by atoms with E-state index in [4.69, 9.17) is 0 Å². The molecule has 6 nitrogen and oxygen atoms in total. The number of aryl methyl sites for hydroxylation is 2. The average molecular weight is 373 g/mol. The molecular weight excluding hydrogens is 355 g/mol. The zero-order chi connectivity index (χ0) is 18.2. The van der Waals surface area contributed by atoms with Crippen LogP contribution in [0.15, 0.2) is 11.4 Å². The number of nitrogens with one attached hydrogen (secondary N) is 1. The summed E-state index contributed by atoms with van der Waals surface area (Å²) in [5.74, 6) is -0.273. The van der Waals surface area contributed by atoms with Gasteiger partial charge in [-0.25, -0.2) is 4.98 Å². The molecule has 0 radical (unpaired) electrons. The molecule has 1 atom stereocenters. The minimum absolute atomic E-state index is 0.151. The number of carbonyl (C=O) groups excluding carboxylic acids is 1. The van der Waals surface area contributed by atoms with Gasteiger partial charge in [0.15, 0.2) is 10.8 Å². The normalized spacial score (nSPS) is 18.4. The van der Waals surface area contributed by atoms with Crippen molar-refractivity contribution in [2.45, 2.75) is 32.0 Å². The largest absolute Gasteiger partial charge is 0.434 e. The number of aromatic nitrogens is 3. The number of nitrogens with zero attached hydrogens (tertiary/aromatic N) is 4. The van der Waals surface area contributed by atoms with Gasteiger partial charge in [0.05, 0.1) is 0 Å². The zero-order valence-corrected chi connectivity index (χ0v) is 14.6. The van der Waals surface area contributed by atoms with E-state index in [2.05, 4.69) is 15.4 Å². The van der Waals surface area contributed by atoms with Gasteiger partial charge in [0.1, 0.15) is 5.69 Å². The number of hydrogen-bond acceptors (Lipinski definition) is 5. The first kappa shape index (κ1) is 17.7. The van der Waals surface area contributed by atoms with E-state index in [1.54, 1.807) is 22.7 Å². The van der Waals surface area contributed by atoms with Gasteiger partial charge in [0.2, 0.25) is 0 Å². The van der Waals surface area contributed by atoms with E-state index >= 15 is 0 Å². The van der Waals surface area contributed by atoms with E-state index in [1.807, 2.05) is 6.92 Å². The Bertz CT molecular complexity index is 750. The van der Waals surface area contributed by atoms with Gasteiger partial charge in [0.25, 0.3) is 5.91 Å². The van der Waals surface area contributed by atoms with Crippen LogP contribution in [0.4, 0.5) is 18.3 Å². The first-order valence-electron chi connectivity index (χ1n) is 7.83. The predicted octanol–water partition coefficient (Wildman–Crippen LogP) is 2.60. The van der Waals surface area contributed by atoms with Crippen molar-refractivity contribution in [3.63, 3.8) is 0 Å². The molecule has 1 saturated heterocycles. The van der Waals surface area contributed by atoms with Gasteiger partial charge in [-0.05, 0) is 25.8 Å². The van der Waals surface area contributed by atoms with Crippen molar-refractivity contribution >= 4 is 22.4 Å². The molecule has 0 aliphatic carbocycles. The van der Waals surface area contributed by atoms with Crippen LogP contribution in [-0.2, 0) is 13.2 Å². The van der Waals surface area contributed by atoms with Crippen LogP contribution in [0.2, 0.25) is 0 Å². The fourth-order valence-electron chi connectivity index (χ4n) is 2.74. The SMILES string of the molecule is Cc1cc(C(=O)NC2CCCN(c3nc(C(F)(F)F)cs3)C2)nn1C. The molecule has 1 fully saturated rings. The van der Waals surface area contributed by atoms with E-state index < -0.39 is 11.9 Å². The Kier molecular flexibility index (Phi) is 4.72. The second-order valence-electron chi connectivity index (χ2n) is 6.07. The lowest BCUT2D eigenvalue weighted by molar-refractivity contribution is -0.140. The maximum Gasteiger partial charge on any atom is 0.434 e. The number of hydrogen-bond donors (Lipinski definition) is 1. The summed E-state index contributed by atoms with van der Waals surface area (Å²) in [6.45, 7) is 2.91. The average Bonchev–Trinajstić information content (AvgIpc) is 3.15. The Balaban J connectivity index is 1.65. The summed E-state index contributed by atoms with van der Waals surface area (Å²) in [6, 6.07) is 1.55. The van der Waals surface area contributed by atoms with Gasteiger partial charge in [-0.15, -0.1) is 11.3 Å². The van der Waals surface area contributed by atoms with Crippen LogP contribution in [0.1, 0.15) is 34.7 Å². The summed E-state index contributed by atoms with van der Waals surface area (Å²) < 4.78 is 39.7. The molecule has 0 aromatic carbocycles. The summed E-state index contributed by atoms with van der Waals surface area (Å²) in [5.41, 5.74) is 0.339. The van der Waals surface area contributed by atoms with Crippen molar-refractivity contribution in [1.82, 2.24) is 20.1 Å². The van der Waals surface area contributed by atoms with Crippen molar-refractivity contribution in [1.29, 1.82) is 0 Å². The molecule has 1 aliphatic heterocycles. The minimum Gasteiger partial charge on any atom is -0.346 e. The molecule has 25 heavy (non-hydrogen) atoms. The third-order valence-corrected chi connectivity index (χ3v) is 5.06. The smallest absolute Gasteiger partial charge is 0.346 e. The van der Waals surface area contributed by atoms with Crippen molar-refractivity contribution in [3.05, 3.63) is 28.5 Å². The van der Waals surface area contributed by atoms with Crippen LogP contribution >= 0.6 is 11.3 Å². The molecule has 0 spiro atoms. The maximum absolute atomic E-state index is 12.7. The summed E-state index contributed by atoms with van der Waals surface area (Å²) in [5, 5.41) is 8.40. The second-order valence-corrected chi connectivity index (χ2v) is 6.90. The highest BCUT2D eigenvalue weighted by Gasteiger charge is 2.35. The topological polar surface area (TPSA) is 63.1 Å². The summed E-state index contributed by atoms with van der Waals surface area (Å²) in [4.78, 5) is 17.8. The molecule has 136 valence electrons. The summed E-state index contributed by atoms with van der Waals surface area (Å²) >= 11 is 0.972. The molecule has 3 rings (SSSR count). The van der Waals surface area contributed by atoms with Gasteiger partial charge in [-0.3, -0.25) is 9.48 Å². The Morgan fingerprint density at radius 3 is 2.80 bits per heavy atom. The fourth-order valence-corrected chi connectivity index (χ4v) is 3.61. The molecule has 0 saturated carbocycles. The molecule has 2 aromatic rings. The minimum atomic E-state index is -4.44. The molecule has 10 heteroatoms. The summed E-state index contributed by atoms with van der Waals surface area (Å²) in [6.07, 6.45) is -2.90. The van der Waals surface area contributed by atoms with Crippen molar-refractivity contribution in [2.75, 3.05) is 18.0 Å². The van der Waals surface area contributed by atoms with E-state index in [0.29, 0.717) is 23.9 Å². The fraction of sp³-hybridized carbons (Fsp3) is 0.533.